The molecule has 0 spiro atoms. The van der Waals surface area contributed by atoms with E-state index < -0.39 is 0 Å². The Morgan fingerprint density at radius 3 is 2.50 bits per heavy atom. The maximum Gasteiger partial charge on any atom is 0.0104 e. The van der Waals surface area contributed by atoms with Gasteiger partial charge in [0.25, 0.3) is 0 Å². The van der Waals surface area contributed by atoms with Gasteiger partial charge >= 0.3 is 0 Å². The van der Waals surface area contributed by atoms with Gasteiger partial charge in [-0.25, -0.2) is 0 Å². The lowest BCUT2D eigenvalue weighted by atomic mass is 10.2. The molecule has 0 aromatic carbocycles. The molecule has 1 nitrogen and oxygen atoms in total. The first-order valence-electron chi connectivity index (χ1n) is 4.53. The van der Waals surface area contributed by atoms with E-state index >= 15 is 0 Å². The Kier molecular flexibility index (Phi) is 1.48. The highest BCUT2D eigenvalue weighted by Crippen LogP contribution is 2.50. The van der Waals surface area contributed by atoms with E-state index in [0.29, 0.717) is 6.04 Å². The molecular formula is C9H17N. The van der Waals surface area contributed by atoms with E-state index in [9.17, 15) is 0 Å². The Balaban J connectivity index is 1.69. The summed E-state index contributed by atoms with van der Waals surface area (Å²) >= 11 is 0. The molecule has 0 bridgehead atoms. The molecule has 0 aliphatic heterocycles. The second-order valence-electron chi connectivity index (χ2n) is 4.16. The van der Waals surface area contributed by atoms with E-state index in [1.165, 1.54) is 19.3 Å². The second kappa shape index (κ2) is 2.23. The molecule has 0 amide bonds. The van der Waals surface area contributed by atoms with Crippen molar-refractivity contribution in [1.82, 2.24) is 5.32 Å². The molecule has 10 heavy (non-hydrogen) atoms. The van der Waals surface area contributed by atoms with Crippen LogP contribution in [-0.4, -0.2) is 12.1 Å². The van der Waals surface area contributed by atoms with Crippen molar-refractivity contribution in [2.45, 2.75) is 45.2 Å². The van der Waals surface area contributed by atoms with Gasteiger partial charge in [0.2, 0.25) is 0 Å². The van der Waals surface area contributed by atoms with Gasteiger partial charge in [-0.15, -0.1) is 0 Å². The van der Waals surface area contributed by atoms with Crippen LogP contribution in [0.15, 0.2) is 0 Å². The van der Waals surface area contributed by atoms with Crippen molar-refractivity contribution in [1.29, 1.82) is 0 Å². The molecule has 0 aromatic heterocycles. The molecule has 2 atom stereocenters. The Hall–Kier alpha value is -0.0400. The fourth-order valence-corrected chi connectivity index (χ4v) is 1.88. The molecule has 2 aliphatic carbocycles. The normalized spacial score (nSPS) is 38.7. The van der Waals surface area contributed by atoms with Gasteiger partial charge in [0, 0.05) is 12.1 Å². The number of nitrogens with one attached hydrogen (secondary N) is 1. The predicted molar refractivity (Wildman–Crippen MR) is 42.9 cm³/mol. The van der Waals surface area contributed by atoms with Gasteiger partial charge in [-0.1, -0.05) is 13.8 Å². The molecule has 0 heterocycles. The molecule has 2 saturated carbocycles. The molecule has 1 heteroatoms. The zero-order chi connectivity index (χ0) is 7.14. The highest BCUT2D eigenvalue weighted by molar-refractivity contribution is 5.01. The molecule has 58 valence electrons. The van der Waals surface area contributed by atoms with Crippen LogP contribution in [0.2, 0.25) is 0 Å². The largest absolute Gasteiger partial charge is 0.311 e. The van der Waals surface area contributed by atoms with E-state index in [1.54, 1.807) is 0 Å². The molecule has 2 fully saturated rings. The minimum absolute atomic E-state index is 0.689. The van der Waals surface area contributed by atoms with Gasteiger partial charge in [-0.05, 0) is 31.1 Å². The van der Waals surface area contributed by atoms with Crippen LogP contribution in [0, 0.1) is 11.8 Å². The lowest BCUT2D eigenvalue weighted by Gasteiger charge is -2.05. The third-order valence-corrected chi connectivity index (χ3v) is 2.61. The van der Waals surface area contributed by atoms with Crippen molar-refractivity contribution >= 4 is 0 Å². The zero-order valence-electron chi connectivity index (χ0n) is 6.93. The van der Waals surface area contributed by atoms with Crippen molar-refractivity contribution in [3.63, 3.8) is 0 Å². The Labute approximate surface area is 63.2 Å². The molecule has 0 aromatic rings. The summed E-state index contributed by atoms with van der Waals surface area (Å²) in [6, 6.07) is 1.58. The van der Waals surface area contributed by atoms with E-state index in [4.69, 9.17) is 0 Å². The number of hydrogen-bond donors (Lipinski definition) is 1. The minimum Gasteiger partial charge on any atom is -0.311 e. The van der Waals surface area contributed by atoms with Gasteiger partial charge in [-0.3, -0.25) is 0 Å². The van der Waals surface area contributed by atoms with Gasteiger partial charge < -0.3 is 5.32 Å². The van der Waals surface area contributed by atoms with Crippen LogP contribution >= 0.6 is 0 Å². The number of hydrogen-bond acceptors (Lipinski definition) is 1. The summed E-state index contributed by atoms with van der Waals surface area (Å²) in [6.07, 6.45) is 4.49. The lowest BCUT2D eigenvalue weighted by molar-refractivity contribution is 0.536. The average molecular weight is 139 g/mol. The molecule has 0 radical (unpaired) electrons. The van der Waals surface area contributed by atoms with Crippen molar-refractivity contribution in [2.24, 2.45) is 11.8 Å². The smallest absolute Gasteiger partial charge is 0.0104 e. The molecule has 2 rings (SSSR count). The van der Waals surface area contributed by atoms with Crippen molar-refractivity contribution in [3.05, 3.63) is 0 Å². The summed E-state index contributed by atoms with van der Waals surface area (Å²) in [4.78, 5) is 0. The fourth-order valence-electron chi connectivity index (χ4n) is 1.88. The first-order valence-corrected chi connectivity index (χ1v) is 4.53. The standard InChI is InChI=1S/C9H17N/c1-6(2)10-9-5-8(9)7-3-4-7/h6-10H,3-5H2,1-2H3. The number of rotatable bonds is 3. The molecular weight excluding hydrogens is 122 g/mol. The van der Waals surface area contributed by atoms with Crippen molar-refractivity contribution in [3.8, 4) is 0 Å². The third kappa shape index (κ3) is 1.34. The topological polar surface area (TPSA) is 12.0 Å². The van der Waals surface area contributed by atoms with Crippen LogP contribution in [-0.2, 0) is 0 Å². The van der Waals surface area contributed by atoms with Gasteiger partial charge in [0.15, 0.2) is 0 Å². The third-order valence-electron chi connectivity index (χ3n) is 2.61. The first kappa shape index (κ1) is 6.66. The van der Waals surface area contributed by atoms with Crippen molar-refractivity contribution < 1.29 is 0 Å². The van der Waals surface area contributed by atoms with E-state index in [2.05, 4.69) is 19.2 Å². The highest BCUT2D eigenvalue weighted by Gasteiger charge is 2.47. The maximum absolute atomic E-state index is 3.59. The summed E-state index contributed by atoms with van der Waals surface area (Å²) in [7, 11) is 0. The summed E-state index contributed by atoms with van der Waals surface area (Å²) in [5, 5.41) is 3.59. The highest BCUT2D eigenvalue weighted by atomic mass is 15.0. The summed E-state index contributed by atoms with van der Waals surface area (Å²) in [6.45, 7) is 4.48. The van der Waals surface area contributed by atoms with Crippen LogP contribution in [0.25, 0.3) is 0 Å². The fraction of sp³-hybridized carbons (Fsp3) is 1.00. The SMILES string of the molecule is CC(C)NC1CC1C1CC1. The van der Waals surface area contributed by atoms with Gasteiger partial charge in [0.05, 0.1) is 0 Å². The van der Waals surface area contributed by atoms with Crippen LogP contribution in [0.4, 0.5) is 0 Å². The second-order valence-corrected chi connectivity index (χ2v) is 4.16. The molecule has 2 unspecified atom stereocenters. The van der Waals surface area contributed by atoms with E-state index in [1.807, 2.05) is 0 Å². The van der Waals surface area contributed by atoms with Crippen LogP contribution in [0.5, 0.6) is 0 Å². The van der Waals surface area contributed by atoms with E-state index in [-0.39, 0.29) is 0 Å². The van der Waals surface area contributed by atoms with Crippen LogP contribution in [0.1, 0.15) is 33.1 Å². The summed E-state index contributed by atoms with van der Waals surface area (Å²) in [5.74, 6) is 2.19. The average Bonchev–Trinajstić information content (AvgIpc) is 2.49. The first-order chi connectivity index (χ1) is 4.77. The van der Waals surface area contributed by atoms with Crippen LogP contribution < -0.4 is 5.32 Å². The quantitative estimate of drug-likeness (QED) is 0.628. The minimum atomic E-state index is 0.689. The Morgan fingerprint density at radius 1 is 1.30 bits per heavy atom. The van der Waals surface area contributed by atoms with Crippen molar-refractivity contribution in [2.75, 3.05) is 0 Å². The van der Waals surface area contributed by atoms with Gasteiger partial charge in [-0.2, -0.15) is 0 Å². The van der Waals surface area contributed by atoms with E-state index in [0.717, 1.165) is 17.9 Å². The van der Waals surface area contributed by atoms with Gasteiger partial charge in [0.1, 0.15) is 0 Å². The zero-order valence-corrected chi connectivity index (χ0v) is 6.93. The monoisotopic (exact) mass is 139 g/mol. The van der Waals surface area contributed by atoms with Crippen LogP contribution in [0.3, 0.4) is 0 Å². The molecule has 1 N–H and O–H groups in total. The Morgan fingerprint density at radius 2 is 2.00 bits per heavy atom. The lowest BCUT2D eigenvalue weighted by Crippen LogP contribution is -2.26. The maximum atomic E-state index is 3.59. The summed E-state index contributed by atoms with van der Waals surface area (Å²) < 4.78 is 0. The molecule has 2 aliphatic rings. The predicted octanol–water partition coefficient (Wildman–Crippen LogP) is 1.78. The molecule has 0 saturated heterocycles. The summed E-state index contributed by atoms with van der Waals surface area (Å²) in [5.41, 5.74) is 0. The Bertz CT molecular complexity index is 127.